The van der Waals surface area contributed by atoms with E-state index in [2.05, 4.69) is 5.32 Å². The maximum Gasteiger partial charge on any atom is 0.407 e. The topological polar surface area (TPSA) is 105 Å². The van der Waals surface area contributed by atoms with Crippen LogP contribution in [0.1, 0.15) is 39.2 Å². The highest BCUT2D eigenvalue weighted by Gasteiger charge is 2.20. The van der Waals surface area contributed by atoms with Gasteiger partial charge in [-0.2, -0.15) is 0 Å². The Labute approximate surface area is 141 Å². The highest BCUT2D eigenvalue weighted by atomic mass is 16.6. The van der Waals surface area contributed by atoms with Crippen molar-refractivity contribution in [3.63, 3.8) is 0 Å². The number of carboxylic acids is 1. The molecule has 1 unspecified atom stereocenters. The van der Waals surface area contributed by atoms with Gasteiger partial charge in [0.05, 0.1) is 12.0 Å². The molecule has 0 saturated heterocycles. The van der Waals surface area contributed by atoms with Gasteiger partial charge >= 0.3 is 12.1 Å². The molecule has 0 aliphatic heterocycles. The van der Waals surface area contributed by atoms with Crippen molar-refractivity contribution in [2.45, 2.75) is 51.9 Å². The van der Waals surface area contributed by atoms with Gasteiger partial charge in [-0.05, 0) is 32.8 Å². The van der Waals surface area contributed by atoms with Crippen LogP contribution in [-0.2, 0) is 25.7 Å². The van der Waals surface area contributed by atoms with E-state index < -0.39 is 29.7 Å². The van der Waals surface area contributed by atoms with Crippen molar-refractivity contribution in [2.75, 3.05) is 0 Å². The molecule has 0 heterocycles. The maximum atomic E-state index is 11.7. The lowest BCUT2D eigenvalue weighted by molar-refractivity contribution is -0.308. The fourth-order valence-corrected chi connectivity index (χ4v) is 1.81. The lowest BCUT2D eigenvalue weighted by atomic mass is 10.1. The molecule has 0 fully saturated rings. The standard InChI is InChI=1S/C17H23NO6/c1-17(2,3)24-14(19)10-9-13(15(20)21)18-16(22)23-11-12-7-5-4-6-8-12/h4-8,13H,9-11H2,1-3H3,(H,18,22)(H,20,21)/p-1. The van der Waals surface area contributed by atoms with Crippen molar-refractivity contribution in [2.24, 2.45) is 0 Å². The molecule has 24 heavy (non-hydrogen) atoms. The first-order valence-corrected chi connectivity index (χ1v) is 7.57. The minimum atomic E-state index is -1.49. The molecular formula is C17H22NO6-. The summed E-state index contributed by atoms with van der Waals surface area (Å²) < 4.78 is 10.0. The van der Waals surface area contributed by atoms with Crippen molar-refractivity contribution < 1.29 is 29.0 Å². The second-order valence-corrected chi connectivity index (χ2v) is 6.20. The van der Waals surface area contributed by atoms with E-state index in [-0.39, 0.29) is 19.4 Å². The first-order chi connectivity index (χ1) is 11.2. The molecular weight excluding hydrogens is 314 g/mol. The van der Waals surface area contributed by atoms with Gasteiger partial charge in [-0.15, -0.1) is 0 Å². The van der Waals surface area contributed by atoms with E-state index in [1.807, 2.05) is 6.07 Å². The van der Waals surface area contributed by atoms with Crippen molar-refractivity contribution in [1.29, 1.82) is 0 Å². The molecule has 7 nitrogen and oxygen atoms in total. The van der Waals surface area contributed by atoms with Gasteiger partial charge < -0.3 is 24.7 Å². The number of hydrogen-bond acceptors (Lipinski definition) is 6. The molecule has 7 heteroatoms. The highest BCUT2D eigenvalue weighted by Crippen LogP contribution is 2.10. The van der Waals surface area contributed by atoms with Crippen molar-refractivity contribution >= 4 is 18.0 Å². The number of amides is 1. The molecule has 0 saturated carbocycles. The predicted octanol–water partition coefficient (Wildman–Crippen LogP) is 1.15. The number of alkyl carbamates (subject to hydrolysis) is 1. The molecule has 1 rings (SSSR count). The molecule has 0 radical (unpaired) electrons. The third-order valence-corrected chi connectivity index (χ3v) is 2.85. The van der Waals surface area contributed by atoms with Gasteiger partial charge in [-0.25, -0.2) is 4.79 Å². The molecule has 132 valence electrons. The molecule has 0 aliphatic carbocycles. The summed E-state index contributed by atoms with van der Waals surface area (Å²) in [4.78, 5) is 34.3. The Bertz CT molecular complexity index is 564. The number of esters is 1. The fourth-order valence-electron chi connectivity index (χ4n) is 1.81. The van der Waals surface area contributed by atoms with Crippen molar-refractivity contribution in [3.05, 3.63) is 35.9 Å². The summed E-state index contributed by atoms with van der Waals surface area (Å²) in [6, 6.07) is 7.62. The van der Waals surface area contributed by atoms with Crippen molar-refractivity contribution in [1.82, 2.24) is 5.32 Å². The van der Waals surface area contributed by atoms with Crippen LogP contribution in [0.25, 0.3) is 0 Å². The second-order valence-electron chi connectivity index (χ2n) is 6.20. The summed E-state index contributed by atoms with van der Waals surface area (Å²) in [7, 11) is 0. The van der Waals surface area contributed by atoms with Crippen molar-refractivity contribution in [3.8, 4) is 0 Å². The Balaban J connectivity index is 2.43. The quantitative estimate of drug-likeness (QED) is 0.749. The minimum absolute atomic E-state index is 0.0124. The third kappa shape index (κ3) is 8.17. The zero-order valence-corrected chi connectivity index (χ0v) is 14.0. The summed E-state index contributed by atoms with van der Waals surface area (Å²) in [6.45, 7) is 5.14. The van der Waals surface area contributed by atoms with Gasteiger partial charge in [0.2, 0.25) is 0 Å². The van der Waals surface area contributed by atoms with Gasteiger partial charge in [0.1, 0.15) is 12.2 Å². The highest BCUT2D eigenvalue weighted by molar-refractivity contribution is 5.79. The van der Waals surface area contributed by atoms with Crippen LogP contribution in [0.3, 0.4) is 0 Å². The third-order valence-electron chi connectivity index (χ3n) is 2.85. The van der Waals surface area contributed by atoms with Crippen LogP contribution < -0.4 is 10.4 Å². The van der Waals surface area contributed by atoms with Gasteiger partial charge in [-0.3, -0.25) is 4.79 Å². The van der Waals surface area contributed by atoms with Crippen LogP contribution in [-0.4, -0.2) is 29.7 Å². The molecule has 1 aromatic rings. The average molecular weight is 336 g/mol. The summed E-state index contributed by atoms with van der Waals surface area (Å²) in [5.74, 6) is -2.04. The van der Waals surface area contributed by atoms with E-state index in [4.69, 9.17) is 9.47 Å². The summed E-state index contributed by atoms with van der Waals surface area (Å²) in [5.41, 5.74) is 0.113. The van der Waals surface area contributed by atoms with Crippen LogP contribution in [0, 0.1) is 0 Å². The van der Waals surface area contributed by atoms with Crippen LogP contribution in [0.4, 0.5) is 4.79 Å². The first kappa shape index (κ1) is 19.5. The summed E-state index contributed by atoms with van der Waals surface area (Å²) in [5, 5.41) is 13.2. The van der Waals surface area contributed by atoms with Gasteiger partial charge in [0.25, 0.3) is 0 Å². The molecule has 1 N–H and O–H groups in total. The number of carbonyl (C=O) groups excluding carboxylic acids is 3. The Morgan fingerprint density at radius 3 is 2.33 bits per heavy atom. The van der Waals surface area contributed by atoms with E-state index in [0.717, 1.165) is 5.56 Å². The fraction of sp³-hybridized carbons (Fsp3) is 0.471. The smallest absolute Gasteiger partial charge is 0.407 e. The van der Waals surface area contributed by atoms with Gasteiger partial charge in [0, 0.05) is 6.42 Å². The second kappa shape index (κ2) is 8.90. The number of aliphatic carboxylic acids is 1. The minimum Gasteiger partial charge on any atom is -0.548 e. The lowest BCUT2D eigenvalue weighted by Gasteiger charge is -2.22. The maximum absolute atomic E-state index is 11.7. The summed E-state index contributed by atoms with van der Waals surface area (Å²) >= 11 is 0. The van der Waals surface area contributed by atoms with E-state index in [1.54, 1.807) is 45.0 Å². The zero-order chi connectivity index (χ0) is 18.2. The molecule has 1 aromatic carbocycles. The molecule has 1 amide bonds. The number of carboxylic acid groups (broad SMARTS) is 1. The number of benzene rings is 1. The number of carbonyl (C=O) groups is 3. The monoisotopic (exact) mass is 336 g/mol. The number of rotatable bonds is 7. The molecule has 0 aliphatic rings. The lowest BCUT2D eigenvalue weighted by Crippen LogP contribution is -2.48. The number of hydrogen-bond donors (Lipinski definition) is 1. The van der Waals surface area contributed by atoms with Crippen LogP contribution in [0.15, 0.2) is 30.3 Å². The van der Waals surface area contributed by atoms with E-state index >= 15 is 0 Å². The Kier molecular flexibility index (Phi) is 7.23. The molecule has 1 atom stereocenters. The summed E-state index contributed by atoms with van der Waals surface area (Å²) in [6.07, 6.45) is -1.19. The Morgan fingerprint density at radius 1 is 1.17 bits per heavy atom. The van der Waals surface area contributed by atoms with E-state index in [1.165, 1.54) is 0 Å². The largest absolute Gasteiger partial charge is 0.548 e. The van der Waals surface area contributed by atoms with Crippen LogP contribution >= 0.6 is 0 Å². The number of ether oxygens (including phenoxy) is 2. The molecule has 0 spiro atoms. The van der Waals surface area contributed by atoms with Crippen LogP contribution in [0.2, 0.25) is 0 Å². The van der Waals surface area contributed by atoms with Gasteiger partial charge in [0.15, 0.2) is 0 Å². The number of nitrogens with one attached hydrogen (secondary N) is 1. The Morgan fingerprint density at radius 2 is 1.79 bits per heavy atom. The molecule has 0 bridgehead atoms. The SMILES string of the molecule is CC(C)(C)OC(=O)CCC(NC(=O)OCc1ccccc1)C(=O)[O-]. The predicted molar refractivity (Wildman–Crippen MR) is 83.6 cm³/mol. The first-order valence-electron chi connectivity index (χ1n) is 7.57. The average Bonchev–Trinajstić information content (AvgIpc) is 2.48. The van der Waals surface area contributed by atoms with E-state index in [0.29, 0.717) is 0 Å². The van der Waals surface area contributed by atoms with Gasteiger partial charge in [-0.1, -0.05) is 30.3 Å². The Hall–Kier alpha value is -2.57. The normalized spacial score (nSPS) is 12.1. The van der Waals surface area contributed by atoms with Crippen LogP contribution in [0.5, 0.6) is 0 Å². The van der Waals surface area contributed by atoms with E-state index in [9.17, 15) is 19.5 Å². The zero-order valence-electron chi connectivity index (χ0n) is 14.0. The molecule has 0 aromatic heterocycles.